The van der Waals surface area contributed by atoms with E-state index in [9.17, 15) is 0 Å². The van der Waals surface area contributed by atoms with Crippen molar-refractivity contribution in [2.45, 2.75) is 26.7 Å². The molecule has 0 atom stereocenters. The molecule has 3 heterocycles. The van der Waals surface area contributed by atoms with E-state index in [0.717, 1.165) is 47.0 Å². The van der Waals surface area contributed by atoms with Gasteiger partial charge in [0.05, 0.1) is 6.20 Å². The molecule has 120 valence electrons. The zero-order valence-corrected chi connectivity index (χ0v) is 13.8. The fourth-order valence-corrected chi connectivity index (χ4v) is 2.99. The summed E-state index contributed by atoms with van der Waals surface area (Å²) in [6.45, 7) is 4.16. The molecule has 1 aromatic carbocycles. The van der Waals surface area contributed by atoms with Crippen LogP contribution >= 0.6 is 0 Å². The molecule has 0 N–H and O–H groups in total. The first-order chi connectivity index (χ1) is 11.8. The Kier molecular flexibility index (Phi) is 3.61. The van der Waals surface area contributed by atoms with Crippen LogP contribution in [-0.4, -0.2) is 24.1 Å². The lowest BCUT2D eigenvalue weighted by Gasteiger charge is -2.10. The fraction of sp³-hybridized carbons (Fsp3) is 0.211. The lowest BCUT2D eigenvalue weighted by molar-refractivity contribution is 0.806. The second kappa shape index (κ2) is 5.92. The largest absolute Gasteiger partial charge is 0.288 e. The lowest BCUT2D eigenvalue weighted by atomic mass is 10.1. The summed E-state index contributed by atoms with van der Waals surface area (Å²) in [5.41, 5.74) is 4.13. The Morgan fingerprint density at radius 2 is 1.96 bits per heavy atom. The maximum absolute atomic E-state index is 4.87. The first-order valence-electron chi connectivity index (χ1n) is 8.21. The van der Waals surface area contributed by atoms with Crippen molar-refractivity contribution in [2.24, 2.45) is 0 Å². The predicted octanol–water partition coefficient (Wildman–Crippen LogP) is 3.84. The number of aryl methyl sites for hydroxylation is 2. The van der Waals surface area contributed by atoms with Crippen LogP contribution in [0.1, 0.15) is 24.9 Å². The molecule has 0 saturated heterocycles. The van der Waals surface area contributed by atoms with Crippen LogP contribution in [-0.2, 0) is 6.42 Å². The summed E-state index contributed by atoms with van der Waals surface area (Å²) in [6.07, 6.45) is 7.66. The Bertz CT molecular complexity index is 982. The summed E-state index contributed by atoms with van der Waals surface area (Å²) >= 11 is 0. The van der Waals surface area contributed by atoms with Crippen LogP contribution < -0.4 is 0 Å². The molecule has 0 amide bonds. The smallest absolute Gasteiger partial charge is 0.165 e. The van der Waals surface area contributed by atoms with Gasteiger partial charge in [-0.3, -0.25) is 4.57 Å². The van der Waals surface area contributed by atoms with Crippen LogP contribution in [0, 0.1) is 6.92 Å². The summed E-state index contributed by atoms with van der Waals surface area (Å²) in [5.74, 6) is 1.90. The second-order valence-corrected chi connectivity index (χ2v) is 5.86. The van der Waals surface area contributed by atoms with Gasteiger partial charge in [0.25, 0.3) is 0 Å². The van der Waals surface area contributed by atoms with E-state index in [1.807, 2.05) is 48.2 Å². The van der Waals surface area contributed by atoms with Crippen molar-refractivity contribution >= 4 is 5.65 Å². The highest BCUT2D eigenvalue weighted by Crippen LogP contribution is 2.25. The van der Waals surface area contributed by atoms with E-state index in [4.69, 9.17) is 4.98 Å². The van der Waals surface area contributed by atoms with Crippen molar-refractivity contribution in [2.75, 3.05) is 0 Å². The number of aromatic nitrogens is 5. The van der Waals surface area contributed by atoms with Gasteiger partial charge in [-0.1, -0.05) is 43.7 Å². The highest BCUT2D eigenvalue weighted by molar-refractivity contribution is 5.77. The summed E-state index contributed by atoms with van der Waals surface area (Å²) in [4.78, 5) is 9.21. The Hall–Kier alpha value is -2.95. The number of imidazole rings is 1. The molecule has 4 rings (SSSR count). The number of benzene rings is 1. The van der Waals surface area contributed by atoms with Crippen molar-refractivity contribution in [3.63, 3.8) is 0 Å². The quantitative estimate of drug-likeness (QED) is 0.574. The minimum atomic E-state index is 0.884. The first-order valence-corrected chi connectivity index (χ1v) is 8.21. The summed E-state index contributed by atoms with van der Waals surface area (Å²) in [6, 6.07) is 12.4. The average molecular weight is 317 g/mol. The molecule has 0 bridgehead atoms. The van der Waals surface area contributed by atoms with Gasteiger partial charge in [-0.05, 0) is 18.9 Å². The van der Waals surface area contributed by atoms with Gasteiger partial charge in [-0.15, -0.1) is 0 Å². The van der Waals surface area contributed by atoms with E-state index in [2.05, 4.69) is 39.8 Å². The van der Waals surface area contributed by atoms with E-state index in [0.29, 0.717) is 0 Å². The highest BCUT2D eigenvalue weighted by atomic mass is 15.3. The molecule has 3 aromatic heterocycles. The average Bonchev–Trinajstić information content (AvgIpc) is 3.21. The minimum Gasteiger partial charge on any atom is -0.288 e. The molecular weight excluding hydrogens is 298 g/mol. The van der Waals surface area contributed by atoms with Crippen LogP contribution in [0.4, 0.5) is 0 Å². The van der Waals surface area contributed by atoms with Crippen molar-refractivity contribution in [3.05, 3.63) is 66.5 Å². The van der Waals surface area contributed by atoms with Gasteiger partial charge in [0, 0.05) is 29.7 Å². The van der Waals surface area contributed by atoms with Crippen molar-refractivity contribution in [3.8, 4) is 16.9 Å². The number of nitrogens with zero attached hydrogens (tertiary/aromatic N) is 5. The summed E-state index contributed by atoms with van der Waals surface area (Å²) in [7, 11) is 0. The SMILES string of the molecule is CCCc1cc(-n2ccnc2C)n2ncc(-c3ccccc3)c2n1. The zero-order chi connectivity index (χ0) is 16.5. The fourth-order valence-electron chi connectivity index (χ4n) is 2.99. The van der Waals surface area contributed by atoms with E-state index in [1.54, 1.807) is 0 Å². The van der Waals surface area contributed by atoms with Crippen LogP contribution in [0.2, 0.25) is 0 Å². The maximum atomic E-state index is 4.87. The second-order valence-electron chi connectivity index (χ2n) is 5.86. The van der Waals surface area contributed by atoms with Crippen LogP contribution in [0.3, 0.4) is 0 Å². The Balaban J connectivity index is 2.00. The topological polar surface area (TPSA) is 48.0 Å². The third kappa shape index (κ3) is 2.38. The molecule has 5 heteroatoms. The number of hydrogen-bond acceptors (Lipinski definition) is 3. The monoisotopic (exact) mass is 317 g/mol. The Morgan fingerprint density at radius 1 is 1.12 bits per heavy atom. The van der Waals surface area contributed by atoms with E-state index < -0.39 is 0 Å². The molecular formula is C19H19N5. The Morgan fingerprint density at radius 3 is 2.67 bits per heavy atom. The van der Waals surface area contributed by atoms with Gasteiger partial charge in [0.15, 0.2) is 5.65 Å². The number of rotatable bonds is 4. The van der Waals surface area contributed by atoms with Gasteiger partial charge in [-0.25, -0.2) is 9.97 Å². The van der Waals surface area contributed by atoms with Gasteiger partial charge < -0.3 is 0 Å². The minimum absolute atomic E-state index is 0.884. The molecule has 24 heavy (non-hydrogen) atoms. The summed E-state index contributed by atoms with van der Waals surface area (Å²) in [5, 5.41) is 4.60. The lowest BCUT2D eigenvalue weighted by Crippen LogP contribution is -2.07. The van der Waals surface area contributed by atoms with E-state index in [-0.39, 0.29) is 0 Å². The van der Waals surface area contributed by atoms with Crippen molar-refractivity contribution < 1.29 is 0 Å². The van der Waals surface area contributed by atoms with Gasteiger partial charge >= 0.3 is 0 Å². The number of fused-ring (bicyclic) bond motifs is 1. The normalized spacial score (nSPS) is 11.2. The Labute approximate surface area is 140 Å². The molecule has 0 unspecified atom stereocenters. The molecule has 5 nitrogen and oxygen atoms in total. The van der Waals surface area contributed by atoms with Gasteiger partial charge in [0.1, 0.15) is 11.6 Å². The van der Waals surface area contributed by atoms with Crippen LogP contribution in [0.5, 0.6) is 0 Å². The number of hydrogen-bond donors (Lipinski definition) is 0. The van der Waals surface area contributed by atoms with E-state index >= 15 is 0 Å². The third-order valence-electron chi connectivity index (χ3n) is 4.17. The zero-order valence-electron chi connectivity index (χ0n) is 13.8. The molecule has 0 radical (unpaired) electrons. The molecule has 0 fully saturated rings. The summed E-state index contributed by atoms with van der Waals surface area (Å²) < 4.78 is 3.95. The standard InChI is InChI=1S/C19H19N5/c1-3-7-16-12-18(23-11-10-20-14(23)2)24-19(22-16)17(13-21-24)15-8-5-4-6-9-15/h4-6,8-13H,3,7H2,1-2H3. The van der Waals surface area contributed by atoms with Crippen LogP contribution in [0.15, 0.2) is 55.0 Å². The first kappa shape index (κ1) is 14.6. The van der Waals surface area contributed by atoms with Crippen molar-refractivity contribution in [1.82, 2.24) is 24.1 Å². The molecule has 0 aliphatic rings. The highest BCUT2D eigenvalue weighted by Gasteiger charge is 2.14. The van der Waals surface area contributed by atoms with Crippen LogP contribution in [0.25, 0.3) is 22.6 Å². The molecule has 0 aliphatic heterocycles. The molecule has 0 saturated carbocycles. The molecule has 0 spiro atoms. The predicted molar refractivity (Wildman–Crippen MR) is 94.3 cm³/mol. The maximum Gasteiger partial charge on any atom is 0.165 e. The van der Waals surface area contributed by atoms with Gasteiger partial charge in [-0.2, -0.15) is 9.61 Å². The van der Waals surface area contributed by atoms with E-state index in [1.165, 1.54) is 0 Å². The van der Waals surface area contributed by atoms with Gasteiger partial charge in [0.2, 0.25) is 0 Å². The van der Waals surface area contributed by atoms with Crippen molar-refractivity contribution in [1.29, 1.82) is 0 Å². The molecule has 4 aromatic rings. The third-order valence-corrected chi connectivity index (χ3v) is 4.17. The molecule has 0 aliphatic carbocycles.